The average Bonchev–Trinajstić information content (AvgIpc) is 2.76. The molecule has 0 fully saturated rings. The molecular weight excluding hydrogens is 234 g/mol. The quantitative estimate of drug-likeness (QED) is 0.726. The molecule has 1 heterocycles. The Morgan fingerprint density at radius 3 is 2.89 bits per heavy atom. The summed E-state index contributed by atoms with van der Waals surface area (Å²) in [5, 5.41) is 13.1. The molecule has 5 heteroatoms. The normalized spacial score (nSPS) is 14.2. The highest BCUT2D eigenvalue weighted by Gasteiger charge is 2.18. The molecule has 0 saturated heterocycles. The van der Waals surface area contributed by atoms with E-state index in [1.807, 2.05) is 6.92 Å². The number of esters is 1. The Labute approximate surface area is 107 Å². The topological polar surface area (TPSA) is 71.7 Å². The van der Waals surface area contributed by atoms with Crippen LogP contribution in [0.3, 0.4) is 0 Å². The van der Waals surface area contributed by atoms with Crippen LogP contribution >= 0.6 is 0 Å². The van der Waals surface area contributed by atoms with Crippen molar-refractivity contribution in [1.29, 1.82) is 0 Å². The number of rotatable bonds is 7. The molecule has 0 aliphatic carbocycles. The van der Waals surface area contributed by atoms with E-state index in [-0.39, 0.29) is 5.76 Å². The van der Waals surface area contributed by atoms with Crippen molar-refractivity contribution in [1.82, 2.24) is 5.32 Å². The number of hydrogen-bond acceptors (Lipinski definition) is 5. The SMILES string of the molecule is CCCC(C)(O)CNCc1ccc(C(=O)OC)o1. The first-order chi connectivity index (χ1) is 8.48. The molecule has 0 bridgehead atoms. The van der Waals surface area contributed by atoms with Gasteiger partial charge in [-0.15, -0.1) is 0 Å². The molecular formula is C13H21NO4. The van der Waals surface area contributed by atoms with Gasteiger partial charge < -0.3 is 19.6 Å². The second kappa shape index (κ2) is 6.56. The summed E-state index contributed by atoms with van der Waals surface area (Å²) >= 11 is 0. The van der Waals surface area contributed by atoms with Crippen LogP contribution in [0.25, 0.3) is 0 Å². The molecule has 0 radical (unpaired) electrons. The molecule has 0 spiro atoms. The lowest BCUT2D eigenvalue weighted by Crippen LogP contribution is -2.37. The first-order valence-corrected chi connectivity index (χ1v) is 6.08. The van der Waals surface area contributed by atoms with Crippen LogP contribution in [0.2, 0.25) is 0 Å². The third kappa shape index (κ3) is 4.50. The van der Waals surface area contributed by atoms with Crippen molar-refractivity contribution >= 4 is 5.97 Å². The molecule has 0 aliphatic rings. The van der Waals surface area contributed by atoms with E-state index in [0.29, 0.717) is 18.8 Å². The second-order valence-corrected chi connectivity index (χ2v) is 4.61. The Morgan fingerprint density at radius 2 is 2.28 bits per heavy atom. The summed E-state index contributed by atoms with van der Waals surface area (Å²) in [5.74, 6) is 0.344. The summed E-state index contributed by atoms with van der Waals surface area (Å²) in [4.78, 5) is 11.2. The molecule has 1 aromatic rings. The van der Waals surface area contributed by atoms with Crippen molar-refractivity contribution < 1.29 is 19.1 Å². The van der Waals surface area contributed by atoms with Gasteiger partial charge in [-0.1, -0.05) is 13.3 Å². The number of carbonyl (C=O) groups is 1. The zero-order chi connectivity index (χ0) is 13.6. The Hall–Kier alpha value is -1.33. The molecule has 0 saturated carbocycles. The van der Waals surface area contributed by atoms with Gasteiger partial charge in [-0.3, -0.25) is 0 Å². The van der Waals surface area contributed by atoms with Crippen molar-refractivity contribution in [3.8, 4) is 0 Å². The molecule has 1 atom stereocenters. The molecule has 0 aliphatic heterocycles. The molecule has 1 rings (SSSR count). The minimum atomic E-state index is -0.716. The summed E-state index contributed by atoms with van der Waals surface area (Å²) in [6.07, 6.45) is 1.67. The van der Waals surface area contributed by atoms with Crippen LogP contribution in [-0.2, 0) is 11.3 Å². The minimum Gasteiger partial charge on any atom is -0.463 e. The predicted molar refractivity (Wildman–Crippen MR) is 67.3 cm³/mol. The molecule has 102 valence electrons. The summed E-state index contributed by atoms with van der Waals surface area (Å²) in [6.45, 7) is 4.78. The van der Waals surface area contributed by atoms with Crippen LogP contribution in [0.1, 0.15) is 43.0 Å². The fraction of sp³-hybridized carbons (Fsp3) is 0.615. The van der Waals surface area contributed by atoms with E-state index < -0.39 is 11.6 Å². The van der Waals surface area contributed by atoms with Crippen LogP contribution < -0.4 is 5.32 Å². The van der Waals surface area contributed by atoms with Gasteiger partial charge in [0.25, 0.3) is 0 Å². The Morgan fingerprint density at radius 1 is 1.56 bits per heavy atom. The Balaban J connectivity index is 2.40. The van der Waals surface area contributed by atoms with Gasteiger partial charge in [0.1, 0.15) is 5.76 Å². The lowest BCUT2D eigenvalue weighted by molar-refractivity contribution is 0.0488. The standard InChI is InChI=1S/C13H21NO4/c1-4-7-13(2,16)9-14-8-10-5-6-11(18-10)12(15)17-3/h5-6,14,16H,4,7-9H2,1-3H3. The van der Waals surface area contributed by atoms with Crippen LogP contribution in [-0.4, -0.2) is 30.3 Å². The number of ether oxygens (including phenoxy) is 1. The highest BCUT2D eigenvalue weighted by molar-refractivity contribution is 5.86. The zero-order valence-corrected chi connectivity index (χ0v) is 11.2. The van der Waals surface area contributed by atoms with Crippen LogP contribution in [0.5, 0.6) is 0 Å². The summed E-state index contributed by atoms with van der Waals surface area (Å²) < 4.78 is 9.84. The van der Waals surface area contributed by atoms with E-state index in [9.17, 15) is 9.90 Å². The van der Waals surface area contributed by atoms with Gasteiger partial charge in [0.15, 0.2) is 0 Å². The zero-order valence-electron chi connectivity index (χ0n) is 11.2. The second-order valence-electron chi connectivity index (χ2n) is 4.61. The summed E-state index contributed by atoms with van der Waals surface area (Å²) in [6, 6.07) is 3.29. The van der Waals surface area contributed by atoms with Crippen molar-refractivity contribution in [3.05, 3.63) is 23.7 Å². The maximum Gasteiger partial charge on any atom is 0.373 e. The number of aliphatic hydroxyl groups is 1. The third-order valence-corrected chi connectivity index (χ3v) is 2.64. The van der Waals surface area contributed by atoms with Gasteiger partial charge in [0.2, 0.25) is 5.76 Å². The lowest BCUT2D eigenvalue weighted by atomic mass is 10.0. The fourth-order valence-electron chi connectivity index (χ4n) is 1.77. The first kappa shape index (κ1) is 14.7. The van der Waals surface area contributed by atoms with Gasteiger partial charge in [0, 0.05) is 6.54 Å². The first-order valence-electron chi connectivity index (χ1n) is 6.08. The van der Waals surface area contributed by atoms with E-state index in [2.05, 4.69) is 10.1 Å². The molecule has 1 aromatic heterocycles. The highest BCUT2D eigenvalue weighted by Crippen LogP contribution is 2.12. The number of carbonyl (C=O) groups excluding carboxylic acids is 1. The van der Waals surface area contributed by atoms with Gasteiger partial charge in [-0.25, -0.2) is 4.79 Å². The Kier molecular flexibility index (Phi) is 5.37. The van der Waals surface area contributed by atoms with E-state index in [1.165, 1.54) is 7.11 Å². The van der Waals surface area contributed by atoms with Crippen LogP contribution in [0.4, 0.5) is 0 Å². The van der Waals surface area contributed by atoms with Crippen molar-refractivity contribution in [2.75, 3.05) is 13.7 Å². The largest absolute Gasteiger partial charge is 0.463 e. The Bertz CT molecular complexity index is 384. The smallest absolute Gasteiger partial charge is 0.373 e. The molecule has 1 unspecified atom stereocenters. The predicted octanol–water partition coefficient (Wildman–Crippen LogP) is 1.71. The summed E-state index contributed by atoms with van der Waals surface area (Å²) in [5.41, 5.74) is -0.716. The van der Waals surface area contributed by atoms with Gasteiger partial charge in [-0.05, 0) is 25.5 Å². The molecule has 2 N–H and O–H groups in total. The minimum absolute atomic E-state index is 0.189. The molecule has 0 aromatic carbocycles. The van der Waals surface area contributed by atoms with Crippen LogP contribution in [0, 0.1) is 0 Å². The number of hydrogen-bond donors (Lipinski definition) is 2. The molecule has 18 heavy (non-hydrogen) atoms. The maximum absolute atomic E-state index is 11.2. The van der Waals surface area contributed by atoms with Crippen LogP contribution in [0.15, 0.2) is 16.5 Å². The van der Waals surface area contributed by atoms with E-state index in [0.717, 1.165) is 12.8 Å². The molecule has 0 amide bonds. The van der Waals surface area contributed by atoms with Gasteiger partial charge in [-0.2, -0.15) is 0 Å². The van der Waals surface area contributed by atoms with Crippen molar-refractivity contribution in [2.45, 2.75) is 38.8 Å². The fourth-order valence-corrected chi connectivity index (χ4v) is 1.77. The average molecular weight is 255 g/mol. The lowest BCUT2D eigenvalue weighted by Gasteiger charge is -2.22. The highest BCUT2D eigenvalue weighted by atomic mass is 16.5. The maximum atomic E-state index is 11.2. The van der Waals surface area contributed by atoms with E-state index in [1.54, 1.807) is 19.1 Å². The monoisotopic (exact) mass is 255 g/mol. The van der Waals surface area contributed by atoms with E-state index in [4.69, 9.17) is 4.42 Å². The van der Waals surface area contributed by atoms with Gasteiger partial charge >= 0.3 is 5.97 Å². The molecule has 5 nitrogen and oxygen atoms in total. The van der Waals surface area contributed by atoms with Gasteiger partial charge in [0.05, 0.1) is 19.3 Å². The van der Waals surface area contributed by atoms with Crippen molar-refractivity contribution in [3.63, 3.8) is 0 Å². The third-order valence-electron chi connectivity index (χ3n) is 2.64. The number of furan rings is 1. The number of nitrogens with one attached hydrogen (secondary N) is 1. The van der Waals surface area contributed by atoms with E-state index >= 15 is 0 Å². The van der Waals surface area contributed by atoms with Crippen molar-refractivity contribution in [2.24, 2.45) is 0 Å². The summed E-state index contributed by atoms with van der Waals surface area (Å²) in [7, 11) is 1.31. The number of methoxy groups -OCH3 is 1.